The Morgan fingerprint density at radius 3 is 3.00 bits per heavy atom. The molecule has 1 aliphatic rings. The number of hydroxylamine groups is 1. The molecule has 2 N–H and O–H groups in total. The van der Waals surface area contributed by atoms with E-state index in [1.807, 2.05) is 6.92 Å². The number of carbonyl (C=O) groups excluding carboxylic acids is 1. The van der Waals surface area contributed by atoms with E-state index < -0.39 is 18.6 Å². The van der Waals surface area contributed by atoms with Crippen LogP contribution >= 0.6 is 0 Å². The number of hydrogen-bond acceptors (Lipinski definition) is 4. The third-order valence-electron chi connectivity index (χ3n) is 2.31. The van der Waals surface area contributed by atoms with Gasteiger partial charge in [-0.1, -0.05) is 6.92 Å². The van der Waals surface area contributed by atoms with Crippen LogP contribution in [0.1, 0.15) is 13.3 Å². The van der Waals surface area contributed by atoms with Crippen LogP contribution in [0.3, 0.4) is 0 Å². The second-order valence-corrected chi connectivity index (χ2v) is 3.42. The summed E-state index contributed by atoms with van der Waals surface area (Å²) in [6, 6.07) is -0.404. The lowest BCUT2D eigenvalue weighted by Crippen LogP contribution is -2.52. The second kappa shape index (κ2) is 6.29. The van der Waals surface area contributed by atoms with Crippen molar-refractivity contribution in [3.05, 3.63) is 0 Å². The monoisotopic (exact) mass is 232 g/mol. The van der Waals surface area contributed by atoms with Crippen molar-refractivity contribution < 1.29 is 24.3 Å². The highest BCUT2D eigenvalue weighted by Crippen LogP contribution is 2.09. The molecule has 16 heavy (non-hydrogen) atoms. The third-order valence-corrected chi connectivity index (χ3v) is 2.31. The van der Waals surface area contributed by atoms with Gasteiger partial charge < -0.3 is 14.7 Å². The van der Waals surface area contributed by atoms with Gasteiger partial charge in [0.25, 0.3) is 0 Å². The first-order chi connectivity index (χ1) is 7.65. The minimum Gasteiger partial charge on any atom is -0.479 e. The first-order valence-electron chi connectivity index (χ1n) is 5.13. The molecule has 0 aromatic heterocycles. The topological polar surface area (TPSA) is 88.1 Å². The van der Waals surface area contributed by atoms with E-state index in [1.165, 1.54) is 0 Å². The summed E-state index contributed by atoms with van der Waals surface area (Å²) in [5.74, 6) is -1.13. The molecule has 0 bridgehead atoms. The van der Waals surface area contributed by atoms with Gasteiger partial charge in [0.15, 0.2) is 6.61 Å². The van der Waals surface area contributed by atoms with E-state index >= 15 is 0 Å². The minimum atomic E-state index is -1.13. The molecule has 2 amide bonds. The molecule has 1 unspecified atom stereocenters. The van der Waals surface area contributed by atoms with Crippen LogP contribution in [0.2, 0.25) is 0 Å². The average Bonchev–Trinajstić information content (AvgIpc) is 2.28. The van der Waals surface area contributed by atoms with Gasteiger partial charge in [-0.2, -0.15) is 0 Å². The van der Waals surface area contributed by atoms with Crippen LogP contribution in [-0.2, 0) is 14.4 Å². The third kappa shape index (κ3) is 3.67. The van der Waals surface area contributed by atoms with Gasteiger partial charge in [0, 0.05) is 6.54 Å². The molecule has 1 aliphatic heterocycles. The van der Waals surface area contributed by atoms with E-state index in [1.54, 1.807) is 4.90 Å². The highest BCUT2D eigenvalue weighted by molar-refractivity contribution is 5.74. The quantitative estimate of drug-likeness (QED) is 0.657. The number of nitrogens with zero attached hydrogens (tertiary/aromatic N) is 1. The van der Waals surface area contributed by atoms with E-state index in [2.05, 4.69) is 10.3 Å². The number of urea groups is 1. The molecule has 0 saturated carbocycles. The number of carboxylic acids is 1. The van der Waals surface area contributed by atoms with Crippen molar-refractivity contribution in [2.75, 3.05) is 26.4 Å². The summed E-state index contributed by atoms with van der Waals surface area (Å²) in [5, 5.41) is 8.32. The lowest BCUT2D eigenvalue weighted by Gasteiger charge is -2.34. The molecule has 7 nitrogen and oxygen atoms in total. The van der Waals surface area contributed by atoms with Crippen LogP contribution < -0.4 is 5.48 Å². The number of morpholine rings is 1. The van der Waals surface area contributed by atoms with Crippen molar-refractivity contribution in [1.29, 1.82) is 0 Å². The number of nitrogens with one attached hydrogen (secondary N) is 1. The number of carbonyl (C=O) groups is 2. The Balaban J connectivity index is 2.35. The summed E-state index contributed by atoms with van der Waals surface area (Å²) >= 11 is 0. The number of amides is 2. The Bertz CT molecular complexity index is 258. The molecule has 0 radical (unpaired) electrons. The van der Waals surface area contributed by atoms with E-state index in [9.17, 15) is 9.59 Å². The zero-order valence-corrected chi connectivity index (χ0v) is 9.14. The highest BCUT2D eigenvalue weighted by Gasteiger charge is 2.25. The van der Waals surface area contributed by atoms with Crippen LogP contribution in [0.15, 0.2) is 0 Å². The Morgan fingerprint density at radius 1 is 1.62 bits per heavy atom. The van der Waals surface area contributed by atoms with Crippen molar-refractivity contribution in [2.24, 2.45) is 0 Å². The van der Waals surface area contributed by atoms with Crippen molar-refractivity contribution in [2.45, 2.75) is 19.4 Å². The Hall–Kier alpha value is -1.34. The summed E-state index contributed by atoms with van der Waals surface area (Å²) in [6.07, 6.45) is 0.784. The number of hydrogen-bond donors (Lipinski definition) is 2. The molecule has 7 heteroatoms. The van der Waals surface area contributed by atoms with Crippen molar-refractivity contribution >= 4 is 12.0 Å². The van der Waals surface area contributed by atoms with Crippen molar-refractivity contribution in [3.8, 4) is 0 Å². The van der Waals surface area contributed by atoms with Crippen molar-refractivity contribution in [1.82, 2.24) is 10.4 Å². The maximum atomic E-state index is 11.6. The lowest BCUT2D eigenvalue weighted by molar-refractivity contribution is -0.144. The normalized spacial score (nSPS) is 20.6. The highest BCUT2D eigenvalue weighted by atomic mass is 16.7. The molecule has 0 spiro atoms. The van der Waals surface area contributed by atoms with Gasteiger partial charge in [0.2, 0.25) is 0 Å². The maximum Gasteiger partial charge on any atom is 0.341 e. The predicted molar refractivity (Wildman–Crippen MR) is 53.7 cm³/mol. The summed E-state index contributed by atoms with van der Waals surface area (Å²) < 4.78 is 5.24. The van der Waals surface area contributed by atoms with E-state index in [0.29, 0.717) is 19.8 Å². The molecule has 0 aromatic carbocycles. The van der Waals surface area contributed by atoms with Crippen molar-refractivity contribution in [3.63, 3.8) is 0 Å². The number of aliphatic carboxylic acids is 1. The van der Waals surface area contributed by atoms with Gasteiger partial charge in [0.1, 0.15) is 0 Å². The summed E-state index contributed by atoms with van der Waals surface area (Å²) in [7, 11) is 0. The molecule has 0 aromatic rings. The molecule has 1 saturated heterocycles. The summed E-state index contributed by atoms with van der Waals surface area (Å²) in [4.78, 5) is 27.9. The van der Waals surface area contributed by atoms with Gasteiger partial charge in [-0.25, -0.2) is 15.1 Å². The van der Waals surface area contributed by atoms with Gasteiger partial charge in [-0.05, 0) is 6.42 Å². The Labute approximate surface area is 93.3 Å². The number of ether oxygens (including phenoxy) is 1. The fourth-order valence-electron chi connectivity index (χ4n) is 1.48. The van der Waals surface area contributed by atoms with Gasteiger partial charge in [0.05, 0.1) is 19.3 Å². The smallest absolute Gasteiger partial charge is 0.341 e. The molecular weight excluding hydrogens is 216 g/mol. The van der Waals surface area contributed by atoms with Gasteiger partial charge in [-0.3, -0.25) is 4.84 Å². The lowest BCUT2D eigenvalue weighted by atomic mass is 10.2. The summed E-state index contributed by atoms with van der Waals surface area (Å²) in [6.45, 7) is 2.89. The molecule has 1 heterocycles. The Morgan fingerprint density at radius 2 is 2.38 bits per heavy atom. The fourth-order valence-corrected chi connectivity index (χ4v) is 1.48. The molecule has 1 rings (SSSR count). The largest absolute Gasteiger partial charge is 0.479 e. The Kier molecular flexibility index (Phi) is 5.00. The molecular formula is C9H16N2O5. The van der Waals surface area contributed by atoms with Crippen LogP contribution in [0.4, 0.5) is 4.79 Å². The van der Waals surface area contributed by atoms with Crippen LogP contribution in [-0.4, -0.2) is 54.4 Å². The van der Waals surface area contributed by atoms with Crippen LogP contribution in [0.5, 0.6) is 0 Å². The zero-order chi connectivity index (χ0) is 12.0. The van der Waals surface area contributed by atoms with E-state index in [0.717, 1.165) is 6.42 Å². The zero-order valence-electron chi connectivity index (χ0n) is 9.14. The molecule has 1 atom stereocenters. The fraction of sp³-hybridized carbons (Fsp3) is 0.778. The van der Waals surface area contributed by atoms with E-state index in [-0.39, 0.29) is 6.04 Å². The molecule has 92 valence electrons. The minimum absolute atomic E-state index is 0.0159. The SMILES string of the molecule is CCC1COCCN1C(=O)NOCC(=O)O. The summed E-state index contributed by atoms with van der Waals surface area (Å²) in [5.41, 5.74) is 2.10. The molecule has 0 aliphatic carbocycles. The molecule has 1 fully saturated rings. The van der Waals surface area contributed by atoms with Gasteiger partial charge >= 0.3 is 12.0 Å². The number of rotatable bonds is 4. The second-order valence-electron chi connectivity index (χ2n) is 3.42. The van der Waals surface area contributed by atoms with E-state index in [4.69, 9.17) is 9.84 Å². The first-order valence-corrected chi connectivity index (χ1v) is 5.13. The predicted octanol–water partition coefficient (Wildman–Crippen LogP) is -0.177. The van der Waals surface area contributed by atoms with Gasteiger partial charge in [-0.15, -0.1) is 0 Å². The van der Waals surface area contributed by atoms with Crippen LogP contribution in [0, 0.1) is 0 Å². The first kappa shape index (κ1) is 12.7. The maximum absolute atomic E-state index is 11.6. The number of carboxylic acid groups (broad SMARTS) is 1. The standard InChI is InChI=1S/C9H16N2O5/c1-2-7-5-15-4-3-11(7)9(14)10-16-6-8(12)13/h7H,2-6H2,1H3,(H,10,14)(H,12,13). The average molecular weight is 232 g/mol. The van der Waals surface area contributed by atoms with Crippen LogP contribution in [0.25, 0.3) is 0 Å².